The summed E-state index contributed by atoms with van der Waals surface area (Å²) in [7, 11) is 0. The van der Waals surface area contributed by atoms with Crippen LogP contribution < -0.4 is 0 Å². The summed E-state index contributed by atoms with van der Waals surface area (Å²) < 4.78 is 54.3. The summed E-state index contributed by atoms with van der Waals surface area (Å²) >= 11 is 0. The summed E-state index contributed by atoms with van der Waals surface area (Å²) in [5.41, 5.74) is -9.91. The van der Waals surface area contributed by atoms with Gasteiger partial charge in [-0.1, -0.05) is 13.8 Å². The molecule has 2 aliphatic heterocycles. The lowest BCUT2D eigenvalue weighted by atomic mass is 9.45. The lowest BCUT2D eigenvalue weighted by molar-refractivity contribution is -0.387. The smallest absolute Gasteiger partial charge is 0.340 e. The molecule has 3 heterocycles. The van der Waals surface area contributed by atoms with Crippen LogP contribution in [0.5, 0.6) is 0 Å². The summed E-state index contributed by atoms with van der Waals surface area (Å²) in [6.45, 7) is 9.73. The average molecular weight is 806 g/mol. The number of nitrogens with zero attached hydrogens (tertiary/aromatic N) is 1. The Hall–Kier alpha value is -5.17. The number of esters is 8. The molecule has 1 spiro atoms. The third-order valence-electron chi connectivity index (χ3n) is 11.5. The number of aromatic nitrogens is 1. The topological polar surface area (TPSA) is 253 Å². The summed E-state index contributed by atoms with van der Waals surface area (Å²) in [5.74, 6) is -11.5. The predicted octanol–water partition coefficient (Wildman–Crippen LogP) is 1.03. The molecule has 4 aliphatic rings. The van der Waals surface area contributed by atoms with Gasteiger partial charge in [-0.15, -0.1) is 0 Å². The van der Waals surface area contributed by atoms with Gasteiger partial charge in [0.2, 0.25) is 0 Å². The summed E-state index contributed by atoms with van der Waals surface area (Å²) in [6.07, 6.45) is -9.28. The molecule has 4 bridgehead atoms. The Morgan fingerprint density at radius 1 is 0.772 bits per heavy atom. The van der Waals surface area contributed by atoms with Gasteiger partial charge < -0.3 is 47.7 Å². The van der Waals surface area contributed by atoms with E-state index in [4.69, 9.17) is 42.6 Å². The van der Waals surface area contributed by atoms with E-state index in [9.17, 15) is 43.5 Å². The zero-order valence-electron chi connectivity index (χ0n) is 33.2. The number of cyclic esters (lactones) is 1. The van der Waals surface area contributed by atoms with Crippen LogP contribution in [0.15, 0.2) is 18.5 Å². The summed E-state index contributed by atoms with van der Waals surface area (Å²) in [4.78, 5) is 111. The van der Waals surface area contributed by atoms with Crippen molar-refractivity contribution in [2.45, 2.75) is 129 Å². The molecule has 1 aromatic heterocycles. The fourth-order valence-corrected chi connectivity index (χ4v) is 9.30. The molecule has 0 radical (unpaired) electrons. The van der Waals surface area contributed by atoms with E-state index in [0.717, 1.165) is 48.5 Å². The maximum absolute atomic E-state index is 14.4. The van der Waals surface area contributed by atoms with Gasteiger partial charge in [0.1, 0.15) is 42.0 Å². The van der Waals surface area contributed by atoms with Crippen molar-refractivity contribution in [3.05, 3.63) is 29.6 Å². The normalized spacial score (nSPS) is 38.2. The van der Waals surface area contributed by atoms with Gasteiger partial charge in [-0.3, -0.25) is 38.5 Å². The summed E-state index contributed by atoms with van der Waals surface area (Å²) in [5, 5.41) is 13.4. The van der Waals surface area contributed by atoms with Crippen LogP contribution in [0.3, 0.4) is 0 Å². The van der Waals surface area contributed by atoms with Gasteiger partial charge in [0.25, 0.3) is 0 Å². The second-order valence-electron chi connectivity index (χ2n) is 15.4. The van der Waals surface area contributed by atoms with Crippen LogP contribution in [-0.4, -0.2) is 124 Å². The molecular formula is C38H47NO18. The molecule has 312 valence electrons. The number of fused-ring (bicyclic) bond motifs is 5. The van der Waals surface area contributed by atoms with Gasteiger partial charge in [-0.25, -0.2) is 4.79 Å². The van der Waals surface area contributed by atoms with E-state index in [1.54, 1.807) is 6.92 Å². The first-order valence-electron chi connectivity index (χ1n) is 18.2. The second kappa shape index (κ2) is 15.3. The number of hydrogen-bond acceptors (Lipinski definition) is 19. The first-order chi connectivity index (χ1) is 26.5. The molecule has 1 N–H and O–H groups in total. The Morgan fingerprint density at radius 2 is 1.30 bits per heavy atom. The minimum atomic E-state index is -2.81. The molecule has 19 heteroatoms. The zero-order chi connectivity index (χ0) is 42.6. The Kier molecular flexibility index (Phi) is 11.5. The molecule has 13 atom stereocenters. The maximum atomic E-state index is 14.4. The largest absolute Gasteiger partial charge is 0.465 e. The van der Waals surface area contributed by atoms with E-state index in [2.05, 4.69) is 4.98 Å². The third kappa shape index (κ3) is 6.97. The fourth-order valence-electron chi connectivity index (χ4n) is 9.30. The van der Waals surface area contributed by atoms with Gasteiger partial charge in [-0.05, 0) is 31.4 Å². The number of carbonyl (C=O) groups excluding carboxylic acids is 8. The zero-order valence-corrected chi connectivity index (χ0v) is 33.2. The van der Waals surface area contributed by atoms with Crippen molar-refractivity contribution >= 4 is 47.8 Å². The van der Waals surface area contributed by atoms with Crippen molar-refractivity contribution in [1.29, 1.82) is 0 Å². The average Bonchev–Trinajstić information content (AvgIpc) is 3.32. The maximum Gasteiger partial charge on any atom is 0.340 e. The molecule has 0 amide bonds. The number of aliphatic hydroxyl groups is 1. The van der Waals surface area contributed by atoms with Crippen LogP contribution in [0.2, 0.25) is 0 Å². The van der Waals surface area contributed by atoms with E-state index >= 15 is 0 Å². The van der Waals surface area contributed by atoms with Crippen LogP contribution in [0.25, 0.3) is 0 Å². The van der Waals surface area contributed by atoms with E-state index in [0.29, 0.717) is 5.56 Å². The van der Waals surface area contributed by atoms with Crippen LogP contribution in [0, 0.1) is 17.3 Å². The highest BCUT2D eigenvalue weighted by molar-refractivity contribution is 5.91. The molecule has 5 unspecified atom stereocenters. The van der Waals surface area contributed by atoms with Crippen molar-refractivity contribution in [1.82, 2.24) is 4.98 Å². The number of rotatable bonds is 7. The van der Waals surface area contributed by atoms with Crippen molar-refractivity contribution in [2.75, 3.05) is 13.2 Å². The minimum Gasteiger partial charge on any atom is -0.465 e. The Morgan fingerprint density at radius 3 is 1.84 bits per heavy atom. The quantitative estimate of drug-likeness (QED) is 0.298. The van der Waals surface area contributed by atoms with E-state index < -0.39 is 138 Å². The number of pyridine rings is 1. The van der Waals surface area contributed by atoms with Crippen LogP contribution in [-0.2, 0) is 76.2 Å². The molecular weight excluding hydrogens is 758 g/mol. The van der Waals surface area contributed by atoms with E-state index in [1.165, 1.54) is 32.3 Å². The molecule has 2 saturated carbocycles. The van der Waals surface area contributed by atoms with E-state index in [-0.39, 0.29) is 5.56 Å². The number of hydrogen-bond donors (Lipinski definition) is 1. The van der Waals surface area contributed by atoms with Crippen molar-refractivity contribution in [2.24, 2.45) is 17.3 Å². The lowest BCUT2D eigenvalue weighted by Crippen LogP contribution is -2.89. The van der Waals surface area contributed by atoms with Gasteiger partial charge >= 0.3 is 47.8 Å². The molecule has 3 fully saturated rings. The monoisotopic (exact) mass is 805 g/mol. The van der Waals surface area contributed by atoms with Gasteiger partial charge in [0.15, 0.2) is 30.0 Å². The molecule has 1 aromatic rings. The highest BCUT2D eigenvalue weighted by Gasteiger charge is 2.92. The molecule has 2 aliphatic carbocycles. The first-order valence-corrected chi connectivity index (χ1v) is 18.2. The van der Waals surface area contributed by atoms with Crippen molar-refractivity contribution in [3.63, 3.8) is 0 Å². The molecule has 1 saturated heterocycles. The Balaban J connectivity index is 2.01. The number of carbonyl (C=O) groups is 8. The van der Waals surface area contributed by atoms with Gasteiger partial charge in [0.05, 0.1) is 17.4 Å². The highest BCUT2D eigenvalue weighted by Crippen LogP contribution is 2.70. The fraction of sp³-hybridized carbons (Fsp3) is 0.658. The van der Waals surface area contributed by atoms with Gasteiger partial charge in [0, 0.05) is 53.9 Å². The molecule has 0 aromatic carbocycles. The number of ether oxygens (including phenoxy) is 9. The minimum absolute atomic E-state index is 0.0422. The Bertz CT molecular complexity index is 1860. The second-order valence-corrected chi connectivity index (χ2v) is 15.4. The molecule has 19 nitrogen and oxygen atoms in total. The van der Waals surface area contributed by atoms with E-state index in [1.807, 2.05) is 0 Å². The highest BCUT2D eigenvalue weighted by atomic mass is 16.7. The first kappa shape index (κ1) is 43.0. The van der Waals surface area contributed by atoms with Crippen molar-refractivity contribution < 1.29 is 86.1 Å². The third-order valence-corrected chi connectivity index (χ3v) is 11.5. The predicted molar refractivity (Wildman–Crippen MR) is 185 cm³/mol. The standard InChI is InChI=1S/C38H47NO18/c1-16-17(2)33(46)56-30-28(52-20(5)42)32(55-23(8)45)37(15-49-18(3)40)31(54-22(7)44)27(51-19(4)41)26-29(53-21(6)43)38(37,36(30,10)48)57-35(26,9)14-50-34(47)25-13-39-12-11-24(16)25/h11-13,16-17,26-32,48H,14-15H2,1-10H3/t16?,17?,26?,27?,28-,29+,30-,31+,32-,35?,36-,37+,38-/m0/s1. The van der Waals surface area contributed by atoms with Crippen LogP contribution >= 0.6 is 0 Å². The summed E-state index contributed by atoms with van der Waals surface area (Å²) in [6, 6.07) is 1.50. The Labute approximate surface area is 327 Å². The SMILES string of the molecule is CC(=O)OC[C@]12[C@H](OC(C)=O)C(OC(C)=O)C3[C@@H](OC(C)=O)[C@@]14OC3(C)COC(=O)c1cnccc1C(C)C(C)C(=O)O[C@@H]([C@H](OC(C)=O)[C@@H]2OC(C)=O)[C@]4(C)O. The lowest BCUT2D eigenvalue weighted by Gasteiger charge is -2.67. The van der Waals surface area contributed by atoms with Crippen LogP contribution in [0.1, 0.15) is 91.1 Å². The molecule has 5 rings (SSSR count). The molecule has 57 heavy (non-hydrogen) atoms. The van der Waals surface area contributed by atoms with Crippen LogP contribution in [0.4, 0.5) is 0 Å². The van der Waals surface area contributed by atoms with Crippen molar-refractivity contribution in [3.8, 4) is 0 Å². The van der Waals surface area contributed by atoms with Gasteiger partial charge in [-0.2, -0.15) is 0 Å².